The van der Waals surface area contributed by atoms with Crippen molar-refractivity contribution in [3.63, 3.8) is 0 Å². The summed E-state index contributed by atoms with van der Waals surface area (Å²) in [6.45, 7) is 0. The number of rotatable bonds is 2. The van der Waals surface area contributed by atoms with Gasteiger partial charge in [0.15, 0.2) is 5.43 Å². The molecule has 0 fully saturated rings. The van der Waals surface area contributed by atoms with Crippen LogP contribution in [-0.4, -0.2) is 15.9 Å². The van der Waals surface area contributed by atoms with Gasteiger partial charge in [-0.2, -0.15) is 0 Å². The Morgan fingerprint density at radius 1 is 1.00 bits per heavy atom. The molecule has 0 aliphatic carbocycles. The van der Waals surface area contributed by atoms with Gasteiger partial charge in [-0.1, -0.05) is 17.7 Å². The number of aromatic nitrogens is 2. The molecule has 4 heterocycles. The number of amides is 1. The van der Waals surface area contributed by atoms with Gasteiger partial charge in [0.05, 0.1) is 17.0 Å². The topological polar surface area (TPSA) is 76.3 Å². The van der Waals surface area contributed by atoms with Crippen LogP contribution in [0.4, 0.5) is 5.82 Å². The third-order valence-corrected chi connectivity index (χ3v) is 4.99. The molecule has 0 N–H and O–H groups in total. The summed E-state index contributed by atoms with van der Waals surface area (Å²) in [4.78, 5) is 36.4. The average Bonchev–Trinajstić information content (AvgIpc) is 3.03. The van der Waals surface area contributed by atoms with E-state index < -0.39 is 11.9 Å². The van der Waals surface area contributed by atoms with Crippen molar-refractivity contribution in [2.75, 3.05) is 4.90 Å². The number of anilines is 1. The van der Waals surface area contributed by atoms with Gasteiger partial charge in [0, 0.05) is 23.6 Å². The minimum Gasteiger partial charge on any atom is -0.450 e. The normalized spacial score (nSPS) is 15.8. The number of nitrogens with zero attached hydrogens (tertiary/aromatic N) is 3. The van der Waals surface area contributed by atoms with Crippen LogP contribution in [-0.2, 0) is 0 Å². The molecule has 6 nitrogen and oxygen atoms in total. The second-order valence-electron chi connectivity index (χ2n) is 6.36. The van der Waals surface area contributed by atoms with Crippen LogP contribution in [0.3, 0.4) is 0 Å². The van der Waals surface area contributed by atoms with Gasteiger partial charge in [0.25, 0.3) is 5.91 Å². The van der Waals surface area contributed by atoms with Crippen molar-refractivity contribution in [1.29, 1.82) is 0 Å². The third-order valence-electron chi connectivity index (χ3n) is 4.75. The Morgan fingerprint density at radius 2 is 1.82 bits per heavy atom. The molecular formula is C21H12ClN3O3. The lowest BCUT2D eigenvalue weighted by Crippen LogP contribution is -2.30. The van der Waals surface area contributed by atoms with Gasteiger partial charge in [0.2, 0.25) is 5.76 Å². The molecule has 7 heteroatoms. The van der Waals surface area contributed by atoms with E-state index in [0.29, 0.717) is 21.8 Å². The van der Waals surface area contributed by atoms with Crippen LogP contribution in [0.15, 0.2) is 76.3 Å². The standard InChI is InChI=1S/C21H12ClN3O3/c22-13-4-5-15-14(11-13)19(26)17-18(12-6-9-23-10-7-12)25(21(27)20(17)28-15)16-3-1-2-8-24-16/h1-11,18H. The molecule has 0 radical (unpaired) electrons. The smallest absolute Gasteiger partial charge is 0.296 e. The van der Waals surface area contributed by atoms with Gasteiger partial charge in [0.1, 0.15) is 11.4 Å². The molecule has 1 aromatic carbocycles. The van der Waals surface area contributed by atoms with E-state index in [1.165, 1.54) is 4.90 Å². The summed E-state index contributed by atoms with van der Waals surface area (Å²) in [5, 5.41) is 0.757. The van der Waals surface area contributed by atoms with Crippen molar-refractivity contribution in [2.45, 2.75) is 6.04 Å². The number of hydrogen-bond acceptors (Lipinski definition) is 5. The van der Waals surface area contributed by atoms with E-state index in [1.807, 2.05) is 0 Å². The number of carbonyl (C=O) groups is 1. The van der Waals surface area contributed by atoms with E-state index in [2.05, 4.69) is 9.97 Å². The fourth-order valence-corrected chi connectivity index (χ4v) is 3.71. The monoisotopic (exact) mass is 389 g/mol. The number of carbonyl (C=O) groups excluding carboxylic acids is 1. The molecule has 136 valence electrons. The second kappa shape index (κ2) is 6.28. The maximum Gasteiger partial charge on any atom is 0.296 e. The van der Waals surface area contributed by atoms with E-state index in [4.69, 9.17) is 16.0 Å². The minimum atomic E-state index is -0.667. The molecule has 4 aromatic rings. The molecule has 5 rings (SSSR count). The van der Waals surface area contributed by atoms with E-state index >= 15 is 0 Å². The largest absolute Gasteiger partial charge is 0.450 e. The Bertz CT molecular complexity index is 1270. The lowest BCUT2D eigenvalue weighted by Gasteiger charge is -2.23. The van der Waals surface area contributed by atoms with E-state index in [1.54, 1.807) is 67.1 Å². The first-order chi connectivity index (χ1) is 13.6. The predicted octanol–water partition coefficient (Wildman–Crippen LogP) is 3.99. The van der Waals surface area contributed by atoms with Crippen molar-refractivity contribution < 1.29 is 9.21 Å². The van der Waals surface area contributed by atoms with Crippen molar-refractivity contribution in [2.24, 2.45) is 0 Å². The van der Waals surface area contributed by atoms with Gasteiger partial charge >= 0.3 is 0 Å². The molecule has 0 bridgehead atoms. The Balaban J connectivity index is 1.84. The van der Waals surface area contributed by atoms with Crippen LogP contribution in [0.2, 0.25) is 5.02 Å². The molecule has 0 saturated carbocycles. The van der Waals surface area contributed by atoms with Crippen molar-refractivity contribution in [1.82, 2.24) is 9.97 Å². The molecular weight excluding hydrogens is 378 g/mol. The highest BCUT2D eigenvalue weighted by molar-refractivity contribution is 6.31. The summed E-state index contributed by atoms with van der Waals surface area (Å²) in [6.07, 6.45) is 4.84. The zero-order valence-electron chi connectivity index (χ0n) is 14.4. The molecule has 3 aromatic heterocycles. The van der Waals surface area contributed by atoms with Crippen LogP contribution in [0.1, 0.15) is 27.7 Å². The Labute approximate surface area is 164 Å². The molecule has 1 aliphatic heterocycles. The summed E-state index contributed by atoms with van der Waals surface area (Å²) in [7, 11) is 0. The zero-order chi connectivity index (χ0) is 19.3. The molecule has 1 unspecified atom stereocenters. The lowest BCUT2D eigenvalue weighted by molar-refractivity contribution is 0.0970. The Morgan fingerprint density at radius 3 is 2.57 bits per heavy atom. The van der Waals surface area contributed by atoms with Crippen LogP contribution in [0.5, 0.6) is 0 Å². The minimum absolute atomic E-state index is 0.0206. The van der Waals surface area contributed by atoms with Gasteiger partial charge < -0.3 is 4.42 Å². The zero-order valence-corrected chi connectivity index (χ0v) is 15.1. The van der Waals surface area contributed by atoms with Gasteiger partial charge in [-0.15, -0.1) is 0 Å². The van der Waals surface area contributed by atoms with Crippen LogP contribution in [0.25, 0.3) is 11.0 Å². The number of hydrogen-bond donors (Lipinski definition) is 0. The van der Waals surface area contributed by atoms with E-state index in [9.17, 15) is 9.59 Å². The fourth-order valence-electron chi connectivity index (χ4n) is 3.54. The first kappa shape index (κ1) is 16.6. The lowest BCUT2D eigenvalue weighted by atomic mass is 9.99. The molecule has 1 atom stereocenters. The first-order valence-corrected chi connectivity index (χ1v) is 8.94. The molecule has 1 amide bonds. The predicted molar refractivity (Wildman–Crippen MR) is 105 cm³/mol. The summed E-state index contributed by atoms with van der Waals surface area (Å²) < 4.78 is 5.86. The third kappa shape index (κ3) is 2.42. The quantitative estimate of drug-likeness (QED) is 0.518. The van der Waals surface area contributed by atoms with Crippen molar-refractivity contribution in [3.8, 4) is 0 Å². The summed E-state index contributed by atoms with van der Waals surface area (Å²) in [6, 6.07) is 12.9. The Kier molecular flexibility index (Phi) is 3.74. The second-order valence-corrected chi connectivity index (χ2v) is 6.80. The van der Waals surface area contributed by atoms with Crippen LogP contribution >= 0.6 is 11.6 Å². The van der Waals surface area contributed by atoms with Crippen LogP contribution < -0.4 is 10.3 Å². The van der Waals surface area contributed by atoms with E-state index in [0.717, 1.165) is 5.56 Å². The molecule has 28 heavy (non-hydrogen) atoms. The maximum absolute atomic E-state index is 13.3. The first-order valence-electron chi connectivity index (χ1n) is 8.56. The van der Waals surface area contributed by atoms with Crippen molar-refractivity contribution in [3.05, 3.63) is 99.3 Å². The van der Waals surface area contributed by atoms with Crippen molar-refractivity contribution >= 4 is 34.3 Å². The van der Waals surface area contributed by atoms with Gasteiger partial charge in [-0.25, -0.2) is 4.98 Å². The number of benzene rings is 1. The highest BCUT2D eigenvalue weighted by Crippen LogP contribution is 2.40. The molecule has 0 spiro atoms. The highest BCUT2D eigenvalue weighted by atomic mass is 35.5. The number of fused-ring (bicyclic) bond motifs is 2. The summed E-state index contributed by atoms with van der Waals surface area (Å²) in [5.41, 5.74) is 1.04. The Hall–Kier alpha value is -3.51. The number of pyridine rings is 2. The summed E-state index contributed by atoms with van der Waals surface area (Å²) >= 11 is 6.07. The SMILES string of the molecule is O=C1c2oc3ccc(Cl)cc3c(=O)c2C(c2ccncc2)N1c1ccccn1. The molecule has 1 aliphatic rings. The molecule has 0 saturated heterocycles. The number of halogens is 1. The average molecular weight is 390 g/mol. The highest BCUT2D eigenvalue weighted by Gasteiger charge is 2.44. The van der Waals surface area contributed by atoms with Gasteiger partial charge in [-0.05, 0) is 48.0 Å². The van der Waals surface area contributed by atoms with E-state index in [-0.39, 0.29) is 16.8 Å². The van der Waals surface area contributed by atoms with Crippen LogP contribution in [0, 0.1) is 0 Å². The maximum atomic E-state index is 13.3. The van der Waals surface area contributed by atoms with Gasteiger partial charge in [-0.3, -0.25) is 19.5 Å². The fraction of sp³-hybridized carbons (Fsp3) is 0.0476. The summed E-state index contributed by atoms with van der Waals surface area (Å²) in [5.74, 6) is 0.0407.